The lowest BCUT2D eigenvalue weighted by molar-refractivity contribution is 0.0945. The SMILES string of the molecule is CCCCCCCNCC(O)CO. The predicted molar refractivity (Wildman–Crippen MR) is 54.7 cm³/mol. The van der Waals surface area contributed by atoms with Crippen molar-refractivity contribution in [3.05, 3.63) is 0 Å². The van der Waals surface area contributed by atoms with Crippen LogP contribution in [0.15, 0.2) is 0 Å². The maximum absolute atomic E-state index is 8.99. The molecule has 13 heavy (non-hydrogen) atoms. The van der Waals surface area contributed by atoms with Gasteiger partial charge in [0.2, 0.25) is 0 Å². The molecule has 0 heterocycles. The zero-order chi connectivity index (χ0) is 9.94. The van der Waals surface area contributed by atoms with E-state index in [0.717, 1.165) is 13.0 Å². The second-order valence-corrected chi connectivity index (χ2v) is 3.45. The molecule has 0 rings (SSSR count). The van der Waals surface area contributed by atoms with Crippen LogP contribution >= 0.6 is 0 Å². The summed E-state index contributed by atoms with van der Waals surface area (Å²) in [6, 6.07) is 0. The van der Waals surface area contributed by atoms with Crippen LogP contribution in [0, 0.1) is 0 Å². The Balaban J connectivity index is 2.91. The number of hydrogen-bond donors (Lipinski definition) is 3. The Morgan fingerprint density at radius 1 is 1.15 bits per heavy atom. The van der Waals surface area contributed by atoms with E-state index in [2.05, 4.69) is 12.2 Å². The van der Waals surface area contributed by atoms with Gasteiger partial charge in [-0.05, 0) is 13.0 Å². The molecule has 3 heteroatoms. The van der Waals surface area contributed by atoms with Crippen LogP contribution in [-0.2, 0) is 0 Å². The molecule has 0 saturated heterocycles. The van der Waals surface area contributed by atoms with E-state index in [-0.39, 0.29) is 6.61 Å². The van der Waals surface area contributed by atoms with E-state index in [9.17, 15) is 0 Å². The average molecular weight is 189 g/mol. The Morgan fingerprint density at radius 2 is 1.85 bits per heavy atom. The summed E-state index contributed by atoms with van der Waals surface area (Å²) in [5, 5.41) is 20.6. The van der Waals surface area contributed by atoms with Crippen molar-refractivity contribution in [2.75, 3.05) is 19.7 Å². The maximum Gasteiger partial charge on any atom is 0.0894 e. The van der Waals surface area contributed by atoms with Crippen molar-refractivity contribution in [2.24, 2.45) is 0 Å². The molecule has 3 N–H and O–H groups in total. The van der Waals surface area contributed by atoms with Crippen molar-refractivity contribution in [1.29, 1.82) is 0 Å². The molecule has 0 amide bonds. The third-order valence-electron chi connectivity index (χ3n) is 2.05. The first kappa shape index (κ1) is 12.9. The average Bonchev–Trinajstić information content (AvgIpc) is 2.16. The summed E-state index contributed by atoms with van der Waals surface area (Å²) in [6.45, 7) is 3.50. The second kappa shape index (κ2) is 9.96. The van der Waals surface area contributed by atoms with Crippen LogP contribution < -0.4 is 5.32 Å². The molecule has 0 fully saturated rings. The van der Waals surface area contributed by atoms with Gasteiger partial charge in [-0.25, -0.2) is 0 Å². The number of aliphatic hydroxyl groups excluding tert-OH is 2. The molecule has 0 aromatic rings. The molecular weight excluding hydrogens is 166 g/mol. The molecule has 1 unspecified atom stereocenters. The Morgan fingerprint density at radius 3 is 2.46 bits per heavy atom. The van der Waals surface area contributed by atoms with E-state index in [0.29, 0.717) is 6.54 Å². The van der Waals surface area contributed by atoms with Crippen LogP contribution in [0.25, 0.3) is 0 Å². The van der Waals surface area contributed by atoms with E-state index >= 15 is 0 Å². The van der Waals surface area contributed by atoms with Gasteiger partial charge in [-0.1, -0.05) is 32.6 Å². The van der Waals surface area contributed by atoms with E-state index in [1.165, 1.54) is 25.7 Å². The Labute approximate surface area is 81.2 Å². The topological polar surface area (TPSA) is 52.5 Å². The molecule has 0 aromatic heterocycles. The summed E-state index contributed by atoms with van der Waals surface area (Å²) in [5.41, 5.74) is 0. The fourth-order valence-electron chi connectivity index (χ4n) is 1.19. The van der Waals surface area contributed by atoms with Crippen LogP contribution in [0.5, 0.6) is 0 Å². The lowest BCUT2D eigenvalue weighted by Crippen LogP contribution is -2.29. The minimum absolute atomic E-state index is 0.150. The Bertz CT molecular complexity index is 98.9. The molecule has 0 saturated carbocycles. The van der Waals surface area contributed by atoms with Crippen LogP contribution in [-0.4, -0.2) is 36.0 Å². The van der Waals surface area contributed by atoms with Gasteiger partial charge in [0.25, 0.3) is 0 Å². The summed E-state index contributed by atoms with van der Waals surface area (Å²) in [6.07, 6.45) is 5.72. The summed E-state index contributed by atoms with van der Waals surface area (Å²) >= 11 is 0. The molecule has 0 aliphatic heterocycles. The monoisotopic (exact) mass is 189 g/mol. The molecule has 0 spiro atoms. The number of nitrogens with one attached hydrogen (secondary N) is 1. The highest BCUT2D eigenvalue weighted by Gasteiger charge is 1.98. The number of unbranched alkanes of at least 4 members (excludes halogenated alkanes) is 4. The molecule has 0 aliphatic carbocycles. The van der Waals surface area contributed by atoms with Gasteiger partial charge in [0.15, 0.2) is 0 Å². The summed E-state index contributed by atoms with van der Waals surface area (Å²) in [4.78, 5) is 0. The molecule has 3 nitrogen and oxygen atoms in total. The second-order valence-electron chi connectivity index (χ2n) is 3.45. The molecule has 0 radical (unpaired) electrons. The molecular formula is C10H23NO2. The fourth-order valence-corrected chi connectivity index (χ4v) is 1.19. The molecule has 0 bridgehead atoms. The smallest absolute Gasteiger partial charge is 0.0894 e. The van der Waals surface area contributed by atoms with Crippen LogP contribution in [0.2, 0.25) is 0 Å². The first-order valence-electron chi connectivity index (χ1n) is 5.31. The number of rotatable bonds is 9. The normalized spacial score (nSPS) is 13.2. The molecule has 0 aromatic carbocycles. The van der Waals surface area contributed by atoms with Crippen LogP contribution in [0.1, 0.15) is 39.0 Å². The maximum atomic E-state index is 8.99. The van der Waals surface area contributed by atoms with Gasteiger partial charge in [0.1, 0.15) is 0 Å². The third kappa shape index (κ3) is 9.80. The van der Waals surface area contributed by atoms with Crippen molar-refractivity contribution in [1.82, 2.24) is 5.32 Å². The first-order chi connectivity index (χ1) is 6.31. The van der Waals surface area contributed by atoms with Crippen molar-refractivity contribution in [2.45, 2.75) is 45.1 Å². The van der Waals surface area contributed by atoms with Gasteiger partial charge in [-0.15, -0.1) is 0 Å². The van der Waals surface area contributed by atoms with Crippen molar-refractivity contribution in [3.63, 3.8) is 0 Å². The van der Waals surface area contributed by atoms with Gasteiger partial charge in [-0.2, -0.15) is 0 Å². The summed E-state index contributed by atoms with van der Waals surface area (Å²) in [7, 11) is 0. The van der Waals surface area contributed by atoms with Crippen molar-refractivity contribution in [3.8, 4) is 0 Å². The van der Waals surface area contributed by atoms with Gasteiger partial charge in [0, 0.05) is 6.54 Å². The van der Waals surface area contributed by atoms with Crippen LogP contribution in [0.4, 0.5) is 0 Å². The van der Waals surface area contributed by atoms with Gasteiger partial charge in [0.05, 0.1) is 12.7 Å². The largest absolute Gasteiger partial charge is 0.394 e. The Hall–Kier alpha value is -0.120. The fraction of sp³-hybridized carbons (Fsp3) is 1.00. The lowest BCUT2D eigenvalue weighted by atomic mass is 10.1. The predicted octanol–water partition coefficient (Wildman–Crippen LogP) is 0.900. The highest BCUT2D eigenvalue weighted by molar-refractivity contribution is 4.56. The summed E-state index contributed by atoms with van der Waals surface area (Å²) in [5.74, 6) is 0. The Kier molecular flexibility index (Phi) is 9.87. The van der Waals surface area contributed by atoms with E-state index in [1.807, 2.05) is 0 Å². The minimum Gasteiger partial charge on any atom is -0.394 e. The zero-order valence-electron chi connectivity index (χ0n) is 8.63. The lowest BCUT2D eigenvalue weighted by Gasteiger charge is -2.08. The quantitative estimate of drug-likeness (QED) is 0.472. The van der Waals surface area contributed by atoms with E-state index in [4.69, 9.17) is 10.2 Å². The minimum atomic E-state index is -0.601. The van der Waals surface area contributed by atoms with Crippen molar-refractivity contribution < 1.29 is 10.2 Å². The first-order valence-corrected chi connectivity index (χ1v) is 5.31. The highest BCUT2D eigenvalue weighted by atomic mass is 16.3. The molecule has 0 aliphatic rings. The highest BCUT2D eigenvalue weighted by Crippen LogP contribution is 2.00. The molecule has 1 atom stereocenters. The van der Waals surface area contributed by atoms with E-state index in [1.54, 1.807) is 0 Å². The van der Waals surface area contributed by atoms with E-state index < -0.39 is 6.10 Å². The van der Waals surface area contributed by atoms with Crippen molar-refractivity contribution >= 4 is 0 Å². The van der Waals surface area contributed by atoms with Gasteiger partial charge < -0.3 is 15.5 Å². The summed E-state index contributed by atoms with van der Waals surface area (Å²) < 4.78 is 0. The third-order valence-corrected chi connectivity index (χ3v) is 2.05. The van der Waals surface area contributed by atoms with Crippen LogP contribution in [0.3, 0.4) is 0 Å². The van der Waals surface area contributed by atoms with Gasteiger partial charge in [-0.3, -0.25) is 0 Å². The molecule has 80 valence electrons. The van der Waals surface area contributed by atoms with Gasteiger partial charge >= 0.3 is 0 Å². The zero-order valence-corrected chi connectivity index (χ0v) is 8.63. The number of aliphatic hydroxyl groups is 2. The standard InChI is InChI=1S/C10H23NO2/c1-2-3-4-5-6-7-11-8-10(13)9-12/h10-13H,2-9H2,1H3. The number of hydrogen-bond acceptors (Lipinski definition) is 3.